The first-order valence-corrected chi connectivity index (χ1v) is 8.35. The normalized spacial score (nSPS) is 13.2. The first-order chi connectivity index (χ1) is 13.1. The van der Waals surface area contributed by atoms with E-state index >= 15 is 0 Å². The number of pyridine rings is 1. The highest BCUT2D eigenvalue weighted by Crippen LogP contribution is 2.40. The van der Waals surface area contributed by atoms with Crippen LogP contribution >= 0.6 is 0 Å². The maximum atomic E-state index is 12.8. The predicted octanol–water partition coefficient (Wildman–Crippen LogP) is 3.50. The van der Waals surface area contributed by atoms with Crippen LogP contribution in [0.4, 0.5) is 11.6 Å². The molecule has 0 N–H and O–H groups in total. The second-order valence-electron chi connectivity index (χ2n) is 6.02. The van der Waals surface area contributed by atoms with E-state index < -0.39 is 11.0 Å². The average Bonchev–Trinajstić information content (AvgIpc) is 2.71. The molecular formula is C20H15N3O4. The van der Waals surface area contributed by atoms with Gasteiger partial charge in [0.25, 0.3) is 11.7 Å². The molecule has 0 saturated carbocycles. The van der Waals surface area contributed by atoms with Gasteiger partial charge in [-0.2, -0.15) is 0 Å². The van der Waals surface area contributed by atoms with Gasteiger partial charge >= 0.3 is 5.82 Å². The Bertz CT molecular complexity index is 953. The molecular weight excluding hydrogens is 346 g/mol. The summed E-state index contributed by atoms with van der Waals surface area (Å²) in [6.45, 7) is -0.150. The monoisotopic (exact) mass is 361 g/mol. The van der Waals surface area contributed by atoms with E-state index in [1.165, 1.54) is 17.0 Å². The topological polar surface area (TPSA) is 85.6 Å². The molecule has 1 aliphatic heterocycles. The Hall–Kier alpha value is -3.74. The van der Waals surface area contributed by atoms with Crippen LogP contribution in [0.15, 0.2) is 72.8 Å². The van der Waals surface area contributed by atoms with Gasteiger partial charge in [-0.1, -0.05) is 60.7 Å². The highest BCUT2D eigenvalue weighted by Gasteiger charge is 2.38. The van der Waals surface area contributed by atoms with Gasteiger partial charge in [0, 0.05) is 6.07 Å². The van der Waals surface area contributed by atoms with Gasteiger partial charge < -0.3 is 14.9 Å². The van der Waals surface area contributed by atoms with E-state index in [0.29, 0.717) is 5.75 Å². The number of hydrogen-bond donors (Lipinski definition) is 0. The lowest BCUT2D eigenvalue weighted by Gasteiger charge is -2.33. The number of ether oxygens (including phenoxy) is 1. The molecule has 0 saturated heterocycles. The number of carbonyl (C=O) groups is 1. The number of amides is 1. The summed E-state index contributed by atoms with van der Waals surface area (Å²) in [6, 6.07) is 21.3. The number of hydrogen-bond acceptors (Lipinski definition) is 5. The molecule has 134 valence electrons. The first-order valence-electron chi connectivity index (χ1n) is 8.35. The number of carbonyl (C=O) groups excluding carboxylic acids is 1. The van der Waals surface area contributed by atoms with Crippen molar-refractivity contribution in [1.29, 1.82) is 0 Å². The summed E-state index contributed by atoms with van der Waals surface area (Å²) >= 11 is 0. The predicted molar refractivity (Wildman–Crippen MR) is 98.6 cm³/mol. The Balaban J connectivity index is 1.91. The summed E-state index contributed by atoms with van der Waals surface area (Å²) in [5.41, 5.74) is 1.75. The molecule has 1 amide bonds. The van der Waals surface area contributed by atoms with Crippen LogP contribution in [0.1, 0.15) is 17.2 Å². The van der Waals surface area contributed by atoms with Crippen molar-refractivity contribution in [1.82, 2.24) is 4.98 Å². The van der Waals surface area contributed by atoms with Crippen molar-refractivity contribution in [3.05, 3.63) is 94.0 Å². The molecule has 3 aromatic rings. The molecule has 0 atom stereocenters. The molecule has 7 nitrogen and oxygen atoms in total. The third-order valence-corrected chi connectivity index (χ3v) is 4.35. The number of nitro groups is 1. The number of rotatable bonds is 4. The third kappa shape index (κ3) is 3.10. The van der Waals surface area contributed by atoms with Gasteiger partial charge in [-0.25, -0.2) is 0 Å². The molecule has 0 spiro atoms. The molecule has 4 rings (SSSR count). The Labute approximate surface area is 155 Å². The summed E-state index contributed by atoms with van der Waals surface area (Å²) in [4.78, 5) is 29.0. The minimum atomic E-state index is -0.586. The van der Waals surface area contributed by atoms with E-state index in [2.05, 4.69) is 4.98 Å². The molecule has 0 aliphatic carbocycles. The van der Waals surface area contributed by atoms with Crippen LogP contribution in [0.3, 0.4) is 0 Å². The third-order valence-electron chi connectivity index (χ3n) is 4.35. The number of anilines is 1. The zero-order valence-electron chi connectivity index (χ0n) is 14.2. The second-order valence-corrected chi connectivity index (χ2v) is 6.02. The summed E-state index contributed by atoms with van der Waals surface area (Å²) < 4.78 is 5.45. The van der Waals surface area contributed by atoms with Crippen LogP contribution in [0.25, 0.3) is 0 Å². The van der Waals surface area contributed by atoms with Gasteiger partial charge in [-0.05, 0) is 27.1 Å². The van der Waals surface area contributed by atoms with Crippen molar-refractivity contribution >= 4 is 17.5 Å². The largest absolute Gasteiger partial charge is 0.477 e. The molecule has 0 radical (unpaired) electrons. The molecule has 0 fully saturated rings. The molecule has 0 bridgehead atoms. The quantitative estimate of drug-likeness (QED) is 0.524. The first kappa shape index (κ1) is 16.7. The molecule has 1 aromatic heterocycles. The fraction of sp³-hybridized carbons (Fsp3) is 0.100. The highest BCUT2D eigenvalue weighted by molar-refractivity contribution is 5.98. The lowest BCUT2D eigenvalue weighted by atomic mass is 9.96. The van der Waals surface area contributed by atoms with Crippen molar-refractivity contribution in [2.24, 2.45) is 0 Å². The molecule has 0 unspecified atom stereocenters. The fourth-order valence-corrected chi connectivity index (χ4v) is 3.17. The second kappa shape index (κ2) is 6.87. The Morgan fingerprint density at radius 1 is 0.963 bits per heavy atom. The van der Waals surface area contributed by atoms with Crippen molar-refractivity contribution in [2.75, 3.05) is 11.5 Å². The maximum Gasteiger partial charge on any atom is 0.366 e. The summed E-state index contributed by atoms with van der Waals surface area (Å²) in [5, 5.41) is 11.2. The van der Waals surface area contributed by atoms with E-state index in [0.717, 1.165) is 11.1 Å². The molecule has 7 heteroatoms. The van der Waals surface area contributed by atoms with Crippen LogP contribution in [-0.2, 0) is 4.79 Å². The summed E-state index contributed by atoms with van der Waals surface area (Å²) in [7, 11) is 0. The van der Waals surface area contributed by atoms with Gasteiger partial charge in [-0.3, -0.25) is 9.69 Å². The number of fused-ring (bicyclic) bond motifs is 1. The Morgan fingerprint density at radius 3 is 2.11 bits per heavy atom. The Kier molecular flexibility index (Phi) is 4.25. The van der Waals surface area contributed by atoms with Crippen LogP contribution in [0.2, 0.25) is 0 Å². The van der Waals surface area contributed by atoms with Crippen LogP contribution in [0.5, 0.6) is 5.75 Å². The van der Waals surface area contributed by atoms with Crippen LogP contribution in [-0.4, -0.2) is 22.4 Å². The minimum absolute atomic E-state index is 0.150. The molecule has 2 aromatic carbocycles. The van der Waals surface area contributed by atoms with Gasteiger partial charge in [0.1, 0.15) is 0 Å². The van der Waals surface area contributed by atoms with Crippen molar-refractivity contribution in [3.63, 3.8) is 0 Å². The molecule has 2 heterocycles. The van der Waals surface area contributed by atoms with Crippen LogP contribution in [0, 0.1) is 10.1 Å². The van der Waals surface area contributed by atoms with E-state index in [4.69, 9.17) is 4.74 Å². The van der Waals surface area contributed by atoms with Gasteiger partial charge in [-0.15, -0.1) is 0 Å². The zero-order valence-corrected chi connectivity index (χ0v) is 14.2. The minimum Gasteiger partial charge on any atom is -0.477 e. The lowest BCUT2D eigenvalue weighted by molar-refractivity contribution is -0.389. The van der Waals surface area contributed by atoms with Crippen molar-refractivity contribution in [2.45, 2.75) is 6.04 Å². The average molecular weight is 361 g/mol. The smallest absolute Gasteiger partial charge is 0.366 e. The van der Waals surface area contributed by atoms with Crippen molar-refractivity contribution < 1.29 is 14.5 Å². The highest BCUT2D eigenvalue weighted by atomic mass is 16.6. The van der Waals surface area contributed by atoms with Crippen LogP contribution < -0.4 is 9.64 Å². The number of nitrogens with zero attached hydrogens (tertiary/aromatic N) is 3. The molecule has 27 heavy (non-hydrogen) atoms. The number of benzene rings is 2. The molecule has 1 aliphatic rings. The fourth-order valence-electron chi connectivity index (χ4n) is 3.17. The Morgan fingerprint density at radius 2 is 1.56 bits per heavy atom. The van der Waals surface area contributed by atoms with E-state index in [9.17, 15) is 14.9 Å². The summed E-state index contributed by atoms with van der Waals surface area (Å²) in [6.07, 6.45) is 0. The number of aromatic nitrogens is 1. The lowest BCUT2D eigenvalue weighted by Crippen LogP contribution is -2.42. The van der Waals surface area contributed by atoms with Gasteiger partial charge in [0.05, 0.1) is 6.04 Å². The van der Waals surface area contributed by atoms with E-state index in [1.807, 2.05) is 60.7 Å². The van der Waals surface area contributed by atoms with Crippen molar-refractivity contribution in [3.8, 4) is 5.75 Å². The van der Waals surface area contributed by atoms with Gasteiger partial charge in [0.15, 0.2) is 12.4 Å². The standard InChI is InChI=1S/C20H15N3O4/c24-18-13-27-16-11-12-17(23(25)26)21-20(16)22(18)19(14-7-3-1-4-8-14)15-9-5-2-6-10-15/h1-12,19H,13H2. The SMILES string of the molecule is O=C1COc2ccc([N+](=O)[O-])nc2N1C(c1ccccc1)c1ccccc1. The van der Waals surface area contributed by atoms with Gasteiger partial charge in [0.2, 0.25) is 0 Å². The van der Waals surface area contributed by atoms with E-state index in [-0.39, 0.29) is 24.1 Å². The maximum absolute atomic E-state index is 12.8. The summed E-state index contributed by atoms with van der Waals surface area (Å²) in [5.74, 6) is -0.152. The zero-order chi connectivity index (χ0) is 18.8. The van der Waals surface area contributed by atoms with E-state index in [1.54, 1.807) is 0 Å².